The Balaban J connectivity index is 1.71. The summed E-state index contributed by atoms with van der Waals surface area (Å²) in [6, 6.07) is 3.33. The zero-order valence-corrected chi connectivity index (χ0v) is 12.1. The maximum atomic E-state index is 13.8. The summed E-state index contributed by atoms with van der Waals surface area (Å²) < 4.78 is 32.9. The summed E-state index contributed by atoms with van der Waals surface area (Å²) in [6.45, 7) is 2.05. The fourth-order valence-electron chi connectivity index (χ4n) is 3.55. The van der Waals surface area contributed by atoms with Gasteiger partial charge in [-0.3, -0.25) is 4.90 Å². The largest absolute Gasteiger partial charge is 0.375 e. The van der Waals surface area contributed by atoms with Crippen molar-refractivity contribution >= 4 is 0 Å². The van der Waals surface area contributed by atoms with E-state index in [4.69, 9.17) is 10.5 Å². The molecule has 0 bridgehead atoms. The van der Waals surface area contributed by atoms with Gasteiger partial charge in [0, 0.05) is 30.7 Å². The Morgan fingerprint density at radius 3 is 2.95 bits per heavy atom. The zero-order valence-electron chi connectivity index (χ0n) is 12.1. The molecule has 1 aromatic rings. The Morgan fingerprint density at radius 1 is 1.29 bits per heavy atom. The lowest BCUT2D eigenvalue weighted by molar-refractivity contribution is -0.0894. The van der Waals surface area contributed by atoms with E-state index in [0.717, 1.165) is 31.5 Å². The SMILES string of the molecule is NC(CN1CCOC2CCCCC21)c1cc(F)ccc1F. The van der Waals surface area contributed by atoms with Crippen LogP contribution in [-0.4, -0.2) is 36.7 Å². The van der Waals surface area contributed by atoms with Gasteiger partial charge in [-0.25, -0.2) is 8.78 Å². The second-order valence-corrected chi connectivity index (χ2v) is 6.03. The molecule has 2 fully saturated rings. The first-order chi connectivity index (χ1) is 10.1. The van der Waals surface area contributed by atoms with Gasteiger partial charge in [-0.05, 0) is 31.0 Å². The summed E-state index contributed by atoms with van der Waals surface area (Å²) in [4.78, 5) is 2.29. The Morgan fingerprint density at radius 2 is 2.10 bits per heavy atom. The number of rotatable bonds is 3. The molecule has 21 heavy (non-hydrogen) atoms. The van der Waals surface area contributed by atoms with Gasteiger partial charge in [0.2, 0.25) is 0 Å². The molecule has 3 rings (SSSR count). The van der Waals surface area contributed by atoms with Crippen molar-refractivity contribution < 1.29 is 13.5 Å². The van der Waals surface area contributed by atoms with Gasteiger partial charge in [0.05, 0.1) is 12.7 Å². The van der Waals surface area contributed by atoms with Gasteiger partial charge < -0.3 is 10.5 Å². The highest BCUT2D eigenvalue weighted by Crippen LogP contribution is 2.29. The van der Waals surface area contributed by atoms with E-state index in [1.807, 2.05) is 0 Å². The van der Waals surface area contributed by atoms with E-state index in [0.29, 0.717) is 19.2 Å². The van der Waals surface area contributed by atoms with Gasteiger partial charge in [-0.15, -0.1) is 0 Å². The van der Waals surface area contributed by atoms with E-state index in [2.05, 4.69) is 4.90 Å². The molecule has 3 nitrogen and oxygen atoms in total. The normalized spacial score (nSPS) is 28.1. The number of nitrogens with two attached hydrogens (primary N) is 1. The molecular formula is C16H22F2N2O. The first-order valence-electron chi connectivity index (χ1n) is 7.71. The Bertz CT molecular complexity index is 495. The Hall–Kier alpha value is -1.04. The predicted octanol–water partition coefficient (Wildman–Crippen LogP) is 2.61. The fourth-order valence-corrected chi connectivity index (χ4v) is 3.55. The molecule has 0 aromatic heterocycles. The van der Waals surface area contributed by atoms with Crippen LogP contribution in [0.4, 0.5) is 8.78 Å². The summed E-state index contributed by atoms with van der Waals surface area (Å²) in [6.07, 6.45) is 4.87. The van der Waals surface area contributed by atoms with E-state index in [1.54, 1.807) is 0 Å². The van der Waals surface area contributed by atoms with Crippen LogP contribution >= 0.6 is 0 Å². The Kier molecular flexibility index (Phi) is 4.52. The van der Waals surface area contributed by atoms with Gasteiger partial charge in [0.1, 0.15) is 11.6 Å². The molecule has 1 aliphatic carbocycles. The summed E-state index contributed by atoms with van der Waals surface area (Å²) in [7, 11) is 0. The second-order valence-electron chi connectivity index (χ2n) is 6.03. The number of halogens is 2. The highest BCUT2D eigenvalue weighted by Gasteiger charge is 2.35. The zero-order chi connectivity index (χ0) is 14.8. The molecule has 2 N–H and O–H groups in total. The van der Waals surface area contributed by atoms with Crippen molar-refractivity contribution in [2.75, 3.05) is 19.7 Å². The smallest absolute Gasteiger partial charge is 0.128 e. The average Bonchev–Trinajstić information content (AvgIpc) is 2.50. The highest BCUT2D eigenvalue weighted by atomic mass is 19.1. The number of hydrogen-bond donors (Lipinski definition) is 1. The van der Waals surface area contributed by atoms with Crippen LogP contribution in [0.1, 0.15) is 37.3 Å². The Labute approximate surface area is 124 Å². The van der Waals surface area contributed by atoms with E-state index in [-0.39, 0.29) is 11.7 Å². The number of morpholine rings is 1. The number of benzene rings is 1. The van der Waals surface area contributed by atoms with Gasteiger partial charge in [0.15, 0.2) is 0 Å². The average molecular weight is 296 g/mol. The minimum Gasteiger partial charge on any atom is -0.375 e. The number of nitrogens with zero attached hydrogens (tertiary/aromatic N) is 1. The van der Waals surface area contributed by atoms with Gasteiger partial charge in [-0.2, -0.15) is 0 Å². The molecule has 3 unspecified atom stereocenters. The molecule has 1 saturated heterocycles. The first kappa shape index (κ1) is 14.9. The van der Waals surface area contributed by atoms with Crippen molar-refractivity contribution in [2.45, 2.75) is 43.9 Å². The van der Waals surface area contributed by atoms with Crippen molar-refractivity contribution in [3.8, 4) is 0 Å². The molecule has 5 heteroatoms. The third-order valence-electron chi connectivity index (χ3n) is 4.64. The molecule has 1 aliphatic heterocycles. The van der Waals surface area contributed by atoms with E-state index >= 15 is 0 Å². The quantitative estimate of drug-likeness (QED) is 0.932. The minimum atomic E-state index is -0.513. The molecule has 1 saturated carbocycles. The van der Waals surface area contributed by atoms with E-state index in [1.165, 1.54) is 18.9 Å². The second kappa shape index (κ2) is 6.38. The summed E-state index contributed by atoms with van der Waals surface area (Å²) in [5.74, 6) is -0.878. The van der Waals surface area contributed by atoms with Crippen LogP contribution in [0, 0.1) is 11.6 Å². The van der Waals surface area contributed by atoms with Crippen LogP contribution in [0.3, 0.4) is 0 Å². The molecule has 0 spiro atoms. The van der Waals surface area contributed by atoms with Crippen LogP contribution in [0.5, 0.6) is 0 Å². The first-order valence-corrected chi connectivity index (χ1v) is 7.71. The third-order valence-corrected chi connectivity index (χ3v) is 4.64. The highest BCUT2D eigenvalue weighted by molar-refractivity contribution is 5.22. The summed E-state index contributed by atoms with van der Waals surface area (Å²) in [5.41, 5.74) is 6.39. The monoisotopic (exact) mass is 296 g/mol. The molecule has 0 radical (unpaired) electrons. The van der Waals surface area contributed by atoms with Crippen molar-refractivity contribution in [3.63, 3.8) is 0 Å². The van der Waals surface area contributed by atoms with E-state index in [9.17, 15) is 8.78 Å². The van der Waals surface area contributed by atoms with Crippen LogP contribution < -0.4 is 5.73 Å². The number of hydrogen-bond acceptors (Lipinski definition) is 3. The van der Waals surface area contributed by atoms with Crippen LogP contribution in [0.25, 0.3) is 0 Å². The minimum absolute atomic E-state index is 0.258. The summed E-state index contributed by atoms with van der Waals surface area (Å²) in [5, 5.41) is 0. The molecule has 0 amide bonds. The lowest BCUT2D eigenvalue weighted by atomic mass is 9.89. The number of fused-ring (bicyclic) bond motifs is 1. The van der Waals surface area contributed by atoms with Crippen molar-refractivity contribution in [2.24, 2.45) is 5.73 Å². The van der Waals surface area contributed by atoms with Crippen LogP contribution in [0.15, 0.2) is 18.2 Å². The molecule has 1 aromatic carbocycles. The van der Waals surface area contributed by atoms with Crippen molar-refractivity contribution in [1.82, 2.24) is 4.90 Å². The van der Waals surface area contributed by atoms with Gasteiger partial charge in [-0.1, -0.05) is 12.8 Å². The third kappa shape index (κ3) is 3.25. The standard InChI is InChI=1S/C16H22F2N2O/c17-11-5-6-13(18)12(9-11)14(19)10-20-7-8-21-16-4-2-1-3-15(16)20/h5-6,9,14-16H,1-4,7-8,10,19H2. The lowest BCUT2D eigenvalue weighted by Gasteiger charge is -2.44. The van der Waals surface area contributed by atoms with Gasteiger partial charge >= 0.3 is 0 Å². The fraction of sp³-hybridized carbons (Fsp3) is 0.625. The molecular weight excluding hydrogens is 274 g/mol. The van der Waals surface area contributed by atoms with Crippen molar-refractivity contribution in [1.29, 1.82) is 0 Å². The molecule has 2 aliphatic rings. The number of ether oxygens (including phenoxy) is 1. The summed E-state index contributed by atoms with van der Waals surface area (Å²) >= 11 is 0. The topological polar surface area (TPSA) is 38.5 Å². The van der Waals surface area contributed by atoms with E-state index < -0.39 is 17.7 Å². The molecule has 3 atom stereocenters. The maximum absolute atomic E-state index is 13.8. The maximum Gasteiger partial charge on any atom is 0.128 e. The van der Waals surface area contributed by atoms with Crippen molar-refractivity contribution in [3.05, 3.63) is 35.4 Å². The van der Waals surface area contributed by atoms with Gasteiger partial charge in [0.25, 0.3) is 0 Å². The van der Waals surface area contributed by atoms with Crippen LogP contribution in [-0.2, 0) is 4.74 Å². The predicted molar refractivity (Wildman–Crippen MR) is 76.9 cm³/mol. The van der Waals surface area contributed by atoms with Crippen LogP contribution in [0.2, 0.25) is 0 Å². The molecule has 1 heterocycles. The molecule has 116 valence electrons. The lowest BCUT2D eigenvalue weighted by Crippen LogP contribution is -2.54.